The van der Waals surface area contributed by atoms with E-state index in [9.17, 15) is 23.9 Å². The topological polar surface area (TPSA) is 97.0 Å². The number of amides is 1. The van der Waals surface area contributed by atoms with E-state index in [2.05, 4.69) is 0 Å². The highest BCUT2D eigenvalue weighted by Gasteiger charge is 2.40. The van der Waals surface area contributed by atoms with Crippen LogP contribution in [-0.4, -0.2) is 40.6 Å². The lowest BCUT2D eigenvalue weighted by Gasteiger charge is -2.43. The highest BCUT2D eigenvalue weighted by Crippen LogP contribution is 2.36. The van der Waals surface area contributed by atoms with Crippen molar-refractivity contribution >= 4 is 34.4 Å². The molecule has 1 unspecified atom stereocenters. The van der Waals surface area contributed by atoms with Gasteiger partial charge in [-0.2, -0.15) is 0 Å². The van der Waals surface area contributed by atoms with E-state index < -0.39 is 29.4 Å². The Labute approximate surface area is 236 Å². The van der Waals surface area contributed by atoms with Gasteiger partial charge in [0.25, 0.3) is 5.91 Å². The number of hydrogen-bond donors (Lipinski definition) is 1. The summed E-state index contributed by atoms with van der Waals surface area (Å²) in [5.41, 5.74) is 0.607. The van der Waals surface area contributed by atoms with E-state index in [1.165, 1.54) is 37.1 Å². The molecular formula is C31H33ClFNO6. The van der Waals surface area contributed by atoms with Crippen LogP contribution in [0.1, 0.15) is 58.3 Å². The van der Waals surface area contributed by atoms with Crippen molar-refractivity contribution in [3.05, 3.63) is 63.7 Å². The molecule has 0 radical (unpaired) electrons. The van der Waals surface area contributed by atoms with Crippen LogP contribution in [0.5, 0.6) is 5.75 Å². The van der Waals surface area contributed by atoms with Gasteiger partial charge in [-0.25, -0.2) is 9.18 Å². The van der Waals surface area contributed by atoms with Crippen LogP contribution in [0.2, 0.25) is 5.02 Å². The van der Waals surface area contributed by atoms with Crippen LogP contribution in [0, 0.1) is 17.7 Å². The third-order valence-corrected chi connectivity index (χ3v) is 8.62. The fraction of sp³-hybridized carbons (Fsp3) is 0.452. The van der Waals surface area contributed by atoms with Gasteiger partial charge in [-0.3, -0.25) is 9.59 Å². The molecule has 2 heterocycles. The van der Waals surface area contributed by atoms with Crippen LogP contribution >= 0.6 is 11.6 Å². The highest BCUT2D eigenvalue weighted by molar-refractivity contribution is 6.33. The number of hydrogen-bond acceptors (Lipinski definition) is 5. The number of benzene rings is 2. The minimum absolute atomic E-state index is 0.00453. The van der Waals surface area contributed by atoms with E-state index in [0.29, 0.717) is 41.0 Å². The number of piperidine rings is 1. The summed E-state index contributed by atoms with van der Waals surface area (Å²) in [5, 5.41) is 10.4. The van der Waals surface area contributed by atoms with Gasteiger partial charge in [0, 0.05) is 41.2 Å². The van der Waals surface area contributed by atoms with Crippen LogP contribution in [0.15, 0.2) is 51.7 Å². The summed E-state index contributed by atoms with van der Waals surface area (Å²) in [4.78, 5) is 39.6. The first-order chi connectivity index (χ1) is 19.2. The number of likely N-dealkylation sites (tertiary alicyclic amines) is 1. The van der Waals surface area contributed by atoms with Gasteiger partial charge in [-0.05, 0) is 68.9 Å². The lowest BCUT2D eigenvalue weighted by molar-refractivity contribution is -0.151. The summed E-state index contributed by atoms with van der Waals surface area (Å²) in [7, 11) is 0. The van der Waals surface area contributed by atoms with Gasteiger partial charge in [-0.1, -0.05) is 37.3 Å². The number of fused-ring (bicyclic) bond motifs is 1. The van der Waals surface area contributed by atoms with Crippen molar-refractivity contribution in [2.45, 2.75) is 70.4 Å². The molecule has 1 amide bonds. The normalized spacial score (nSPS) is 21.1. The zero-order chi connectivity index (χ0) is 28.4. The molecule has 2 aromatic carbocycles. The number of halogens is 2. The number of rotatable bonds is 6. The third kappa shape index (κ3) is 6.02. The Hall–Kier alpha value is -3.39. The monoisotopic (exact) mass is 569 g/mol. The van der Waals surface area contributed by atoms with Gasteiger partial charge in [0.1, 0.15) is 17.1 Å². The van der Waals surface area contributed by atoms with E-state index in [4.69, 9.17) is 20.8 Å². The maximum Gasteiger partial charge on any atom is 0.336 e. The van der Waals surface area contributed by atoms with Crippen molar-refractivity contribution in [1.29, 1.82) is 0 Å². The molecule has 1 saturated carbocycles. The molecule has 40 heavy (non-hydrogen) atoms. The van der Waals surface area contributed by atoms with Crippen molar-refractivity contribution < 1.29 is 28.2 Å². The van der Waals surface area contributed by atoms with Crippen molar-refractivity contribution in [3.63, 3.8) is 0 Å². The maximum absolute atomic E-state index is 13.7. The highest BCUT2D eigenvalue weighted by atomic mass is 35.5. The van der Waals surface area contributed by atoms with Crippen LogP contribution < -0.4 is 10.4 Å². The zero-order valence-electron chi connectivity index (χ0n) is 22.4. The molecule has 0 spiro atoms. The lowest BCUT2D eigenvalue weighted by atomic mass is 9.82. The van der Waals surface area contributed by atoms with Crippen LogP contribution in [0.4, 0.5) is 4.39 Å². The first-order valence-electron chi connectivity index (χ1n) is 13.9. The average molecular weight is 570 g/mol. The molecule has 1 aliphatic carbocycles. The van der Waals surface area contributed by atoms with Gasteiger partial charge in [0.15, 0.2) is 6.10 Å². The number of aliphatic carboxylic acids is 1. The van der Waals surface area contributed by atoms with E-state index in [0.717, 1.165) is 25.7 Å². The molecule has 7 nitrogen and oxygen atoms in total. The van der Waals surface area contributed by atoms with Crippen LogP contribution in [-0.2, 0) is 9.59 Å². The fourth-order valence-electron chi connectivity index (χ4n) is 6.27. The predicted octanol–water partition coefficient (Wildman–Crippen LogP) is 6.68. The van der Waals surface area contributed by atoms with Gasteiger partial charge in [0.2, 0.25) is 0 Å². The Morgan fingerprint density at radius 3 is 2.48 bits per heavy atom. The molecule has 2 aliphatic rings. The number of carbonyl (C=O) groups is 2. The van der Waals surface area contributed by atoms with Gasteiger partial charge >= 0.3 is 11.6 Å². The van der Waals surface area contributed by atoms with Crippen molar-refractivity contribution in [3.8, 4) is 16.9 Å². The van der Waals surface area contributed by atoms with E-state index in [1.54, 1.807) is 30.0 Å². The van der Waals surface area contributed by atoms with E-state index in [-0.39, 0.29) is 29.1 Å². The zero-order valence-corrected chi connectivity index (χ0v) is 23.2. The van der Waals surface area contributed by atoms with E-state index >= 15 is 0 Å². The number of ether oxygens (including phenoxy) is 1. The van der Waals surface area contributed by atoms with Crippen molar-refractivity contribution in [1.82, 2.24) is 4.90 Å². The second-order valence-electron chi connectivity index (χ2n) is 10.9. The molecule has 3 atom stereocenters. The minimum Gasteiger partial charge on any atom is -0.481 e. The minimum atomic E-state index is -0.882. The van der Waals surface area contributed by atoms with Gasteiger partial charge < -0.3 is 19.2 Å². The van der Waals surface area contributed by atoms with Gasteiger partial charge in [-0.15, -0.1) is 0 Å². The second-order valence-corrected chi connectivity index (χ2v) is 11.4. The number of carboxylic acid groups (broad SMARTS) is 1. The molecule has 3 aromatic rings. The summed E-state index contributed by atoms with van der Waals surface area (Å²) in [5.74, 6) is -1.51. The summed E-state index contributed by atoms with van der Waals surface area (Å²) in [6, 6.07) is 10.2. The molecule has 5 rings (SSSR count). The first kappa shape index (κ1) is 28.1. The van der Waals surface area contributed by atoms with Crippen LogP contribution in [0.3, 0.4) is 0 Å². The number of carboxylic acids is 1. The predicted molar refractivity (Wildman–Crippen MR) is 150 cm³/mol. The summed E-state index contributed by atoms with van der Waals surface area (Å²) >= 11 is 6.26. The molecule has 212 valence electrons. The first-order valence-corrected chi connectivity index (χ1v) is 14.3. The fourth-order valence-corrected chi connectivity index (χ4v) is 6.54. The van der Waals surface area contributed by atoms with Crippen molar-refractivity contribution in [2.75, 3.05) is 6.54 Å². The average Bonchev–Trinajstić information content (AvgIpc) is 3.21. The third-order valence-electron chi connectivity index (χ3n) is 8.30. The molecule has 1 N–H and O–H groups in total. The molecular weight excluding hydrogens is 537 g/mol. The molecule has 2 fully saturated rings. The Morgan fingerprint density at radius 1 is 1.02 bits per heavy atom. The molecule has 9 heteroatoms. The molecule has 1 saturated heterocycles. The quantitative estimate of drug-likeness (QED) is 0.263. The summed E-state index contributed by atoms with van der Waals surface area (Å²) < 4.78 is 25.1. The smallest absolute Gasteiger partial charge is 0.336 e. The largest absolute Gasteiger partial charge is 0.481 e. The van der Waals surface area contributed by atoms with Crippen molar-refractivity contribution in [2.24, 2.45) is 11.8 Å². The lowest BCUT2D eigenvalue weighted by Crippen LogP contribution is -2.54. The second kappa shape index (κ2) is 12.0. The summed E-state index contributed by atoms with van der Waals surface area (Å²) in [6.45, 7) is 1.84. The maximum atomic E-state index is 13.7. The van der Waals surface area contributed by atoms with E-state index in [1.807, 2.05) is 0 Å². The van der Waals surface area contributed by atoms with Gasteiger partial charge in [0.05, 0.1) is 10.9 Å². The number of carbonyl (C=O) groups excluding carboxylic acids is 1. The SMILES string of the molecule is C[C@@H](Oc1ccc2c(-c3ccc(F)cc3Cl)cc(=O)oc2c1)C(=O)N1C[C@H](C(=O)O)CCC1C1CCCCCC1. The molecule has 1 aromatic heterocycles. The Balaban J connectivity index is 1.39. The standard InChI is InChI=1S/C31H33ClFNO6/c1-18(30(36)34-17-20(31(37)38)8-13-27(34)19-6-4-2-3-5-7-19)39-22-10-12-24-25(16-29(35)40-28(24)15-22)23-11-9-21(33)14-26(23)32/h9-12,14-16,18-20,27H,2-8,13,17H2,1H3,(H,37,38)/t18-,20-,27?/m1/s1. The Kier molecular flexibility index (Phi) is 8.45. The molecule has 1 aliphatic heterocycles. The van der Waals surface area contributed by atoms with Crippen LogP contribution in [0.25, 0.3) is 22.1 Å². The Morgan fingerprint density at radius 2 is 1.77 bits per heavy atom. The molecule has 0 bridgehead atoms. The Bertz CT molecular complexity index is 1460. The number of nitrogens with zero attached hydrogens (tertiary/aromatic N) is 1. The summed E-state index contributed by atoms with van der Waals surface area (Å²) in [6.07, 6.45) is 7.12.